The molecule has 2 N–H and O–H groups in total. The number of rotatable bonds is 5. The van der Waals surface area contributed by atoms with E-state index in [1.165, 1.54) is 11.3 Å². The van der Waals surface area contributed by atoms with E-state index in [0.29, 0.717) is 13.0 Å². The van der Waals surface area contributed by atoms with Gasteiger partial charge in [0.1, 0.15) is 11.3 Å². The molecule has 0 aliphatic carbocycles. The molecule has 0 spiro atoms. The molecule has 19 heavy (non-hydrogen) atoms. The average molecular weight is 279 g/mol. The number of thiazole rings is 1. The first-order valence-electron chi connectivity index (χ1n) is 6.04. The van der Waals surface area contributed by atoms with E-state index in [1.54, 1.807) is 24.5 Å². The SMILES string of the molecule is CC(CN)N(C)C(=O)Cc1csc(-c2ccoc2)n1. The highest BCUT2D eigenvalue weighted by atomic mass is 32.1. The summed E-state index contributed by atoms with van der Waals surface area (Å²) in [6.07, 6.45) is 3.56. The van der Waals surface area contributed by atoms with Gasteiger partial charge in [0.25, 0.3) is 0 Å². The van der Waals surface area contributed by atoms with Gasteiger partial charge >= 0.3 is 0 Å². The topological polar surface area (TPSA) is 72.4 Å². The van der Waals surface area contributed by atoms with Crippen molar-refractivity contribution >= 4 is 17.2 Å². The smallest absolute Gasteiger partial charge is 0.228 e. The molecule has 0 radical (unpaired) electrons. The number of hydrogen-bond donors (Lipinski definition) is 1. The molecular formula is C13H17N3O2S. The number of carbonyl (C=O) groups is 1. The van der Waals surface area contributed by atoms with Crippen molar-refractivity contribution in [2.45, 2.75) is 19.4 Å². The maximum Gasteiger partial charge on any atom is 0.228 e. The Morgan fingerprint density at radius 2 is 2.42 bits per heavy atom. The van der Waals surface area contributed by atoms with Crippen molar-refractivity contribution in [2.75, 3.05) is 13.6 Å². The minimum absolute atomic E-state index is 0.0296. The lowest BCUT2D eigenvalue weighted by Gasteiger charge is -2.23. The number of aromatic nitrogens is 1. The summed E-state index contributed by atoms with van der Waals surface area (Å²) in [6.45, 7) is 2.38. The standard InChI is InChI=1S/C13H17N3O2S/c1-9(6-14)16(2)12(17)5-11-8-19-13(15-11)10-3-4-18-7-10/h3-4,7-9H,5-6,14H2,1-2H3. The fourth-order valence-electron chi connectivity index (χ4n) is 1.59. The molecule has 2 rings (SSSR count). The first-order chi connectivity index (χ1) is 9.11. The molecule has 5 nitrogen and oxygen atoms in total. The number of carbonyl (C=O) groups excluding carboxylic acids is 1. The van der Waals surface area contributed by atoms with Crippen molar-refractivity contribution < 1.29 is 9.21 Å². The first-order valence-corrected chi connectivity index (χ1v) is 6.92. The Morgan fingerprint density at radius 1 is 1.63 bits per heavy atom. The number of hydrogen-bond acceptors (Lipinski definition) is 5. The lowest BCUT2D eigenvalue weighted by Crippen LogP contribution is -2.40. The van der Waals surface area contributed by atoms with Gasteiger partial charge in [0.05, 0.1) is 18.4 Å². The van der Waals surface area contributed by atoms with E-state index < -0.39 is 0 Å². The third-order valence-electron chi connectivity index (χ3n) is 3.05. The van der Waals surface area contributed by atoms with E-state index in [9.17, 15) is 4.79 Å². The van der Waals surface area contributed by atoms with Gasteiger partial charge in [0.15, 0.2) is 0 Å². The molecule has 0 aromatic carbocycles. The predicted molar refractivity (Wildman–Crippen MR) is 74.8 cm³/mol. The van der Waals surface area contributed by atoms with Gasteiger partial charge in [-0.05, 0) is 13.0 Å². The predicted octanol–water partition coefficient (Wildman–Crippen LogP) is 1.75. The van der Waals surface area contributed by atoms with Crippen LogP contribution in [0.4, 0.5) is 0 Å². The first kappa shape index (κ1) is 13.8. The van der Waals surface area contributed by atoms with Crippen LogP contribution in [-0.4, -0.2) is 35.4 Å². The molecule has 6 heteroatoms. The van der Waals surface area contributed by atoms with Gasteiger partial charge in [-0.1, -0.05) is 0 Å². The zero-order valence-electron chi connectivity index (χ0n) is 11.0. The molecule has 2 aromatic rings. The molecule has 102 valence electrons. The van der Waals surface area contributed by atoms with Crippen LogP contribution in [0.5, 0.6) is 0 Å². The average Bonchev–Trinajstić information content (AvgIpc) is 3.06. The summed E-state index contributed by atoms with van der Waals surface area (Å²) in [4.78, 5) is 18.1. The second-order valence-corrected chi connectivity index (χ2v) is 5.28. The van der Waals surface area contributed by atoms with Gasteiger partial charge < -0.3 is 15.1 Å². The third-order valence-corrected chi connectivity index (χ3v) is 3.99. The summed E-state index contributed by atoms with van der Waals surface area (Å²) in [5.74, 6) is 0.0296. The van der Waals surface area contributed by atoms with Gasteiger partial charge in [-0.25, -0.2) is 4.98 Å². The molecule has 0 saturated heterocycles. The summed E-state index contributed by atoms with van der Waals surface area (Å²) >= 11 is 1.51. The van der Waals surface area contributed by atoms with Crippen LogP contribution in [0, 0.1) is 0 Å². The van der Waals surface area contributed by atoms with Crippen LogP contribution in [0.3, 0.4) is 0 Å². The summed E-state index contributed by atoms with van der Waals surface area (Å²) < 4.78 is 5.02. The maximum atomic E-state index is 12.0. The third kappa shape index (κ3) is 3.21. The number of amides is 1. The molecular weight excluding hydrogens is 262 g/mol. The largest absolute Gasteiger partial charge is 0.472 e. The zero-order chi connectivity index (χ0) is 13.8. The molecule has 0 fully saturated rings. The van der Waals surface area contributed by atoms with Crippen LogP contribution in [0.1, 0.15) is 12.6 Å². The molecule has 2 aromatic heterocycles. The molecule has 1 amide bonds. The van der Waals surface area contributed by atoms with Gasteiger partial charge in [0.2, 0.25) is 5.91 Å². The molecule has 0 aliphatic heterocycles. The molecule has 1 atom stereocenters. The Labute approximate surface area is 116 Å². The normalized spacial score (nSPS) is 12.4. The minimum atomic E-state index is 0.0296. The lowest BCUT2D eigenvalue weighted by atomic mass is 10.2. The Kier molecular flexibility index (Phi) is 4.34. The summed E-state index contributed by atoms with van der Waals surface area (Å²) in [5.41, 5.74) is 7.27. The van der Waals surface area contributed by atoms with Crippen LogP contribution in [0.15, 0.2) is 28.4 Å². The molecule has 1 unspecified atom stereocenters. The Balaban J connectivity index is 2.02. The summed E-state index contributed by atoms with van der Waals surface area (Å²) in [5, 5.41) is 2.77. The minimum Gasteiger partial charge on any atom is -0.472 e. The number of furan rings is 1. The zero-order valence-corrected chi connectivity index (χ0v) is 11.8. The lowest BCUT2D eigenvalue weighted by molar-refractivity contribution is -0.130. The molecule has 0 aliphatic rings. The van der Waals surface area contributed by atoms with Gasteiger partial charge in [-0.15, -0.1) is 11.3 Å². The van der Waals surface area contributed by atoms with Crippen molar-refractivity contribution in [3.63, 3.8) is 0 Å². The van der Waals surface area contributed by atoms with Crippen LogP contribution in [0.2, 0.25) is 0 Å². The number of nitrogens with zero attached hydrogens (tertiary/aromatic N) is 2. The van der Waals surface area contributed by atoms with Gasteiger partial charge in [0, 0.05) is 30.6 Å². The Morgan fingerprint density at radius 3 is 3.05 bits per heavy atom. The maximum absolute atomic E-state index is 12.0. The van der Waals surface area contributed by atoms with Gasteiger partial charge in [-0.3, -0.25) is 4.79 Å². The second-order valence-electron chi connectivity index (χ2n) is 4.42. The van der Waals surface area contributed by atoms with Crippen molar-refractivity contribution in [1.29, 1.82) is 0 Å². The van der Waals surface area contributed by atoms with Crippen molar-refractivity contribution in [3.05, 3.63) is 29.7 Å². The summed E-state index contributed by atoms with van der Waals surface area (Å²) in [7, 11) is 1.77. The van der Waals surface area contributed by atoms with Crippen molar-refractivity contribution in [3.8, 4) is 10.6 Å². The highest BCUT2D eigenvalue weighted by Gasteiger charge is 2.16. The monoisotopic (exact) mass is 279 g/mol. The van der Waals surface area contributed by atoms with Crippen LogP contribution in [0.25, 0.3) is 10.6 Å². The number of nitrogens with two attached hydrogens (primary N) is 1. The van der Waals surface area contributed by atoms with E-state index in [2.05, 4.69) is 4.98 Å². The highest BCUT2D eigenvalue weighted by Crippen LogP contribution is 2.24. The van der Waals surface area contributed by atoms with Crippen molar-refractivity contribution in [1.82, 2.24) is 9.88 Å². The van der Waals surface area contributed by atoms with E-state index in [0.717, 1.165) is 16.3 Å². The fraction of sp³-hybridized carbons (Fsp3) is 0.385. The van der Waals surface area contributed by atoms with Crippen LogP contribution >= 0.6 is 11.3 Å². The van der Waals surface area contributed by atoms with Crippen LogP contribution in [-0.2, 0) is 11.2 Å². The van der Waals surface area contributed by atoms with Crippen molar-refractivity contribution in [2.24, 2.45) is 5.73 Å². The van der Waals surface area contributed by atoms with E-state index in [4.69, 9.17) is 10.2 Å². The van der Waals surface area contributed by atoms with Crippen LogP contribution < -0.4 is 5.73 Å². The molecule has 2 heterocycles. The second kappa shape index (κ2) is 5.99. The van der Waals surface area contributed by atoms with Gasteiger partial charge in [-0.2, -0.15) is 0 Å². The van der Waals surface area contributed by atoms with E-state index in [1.807, 2.05) is 18.4 Å². The fourth-order valence-corrected chi connectivity index (χ4v) is 2.40. The number of likely N-dealkylation sites (N-methyl/N-ethyl adjacent to an activating group) is 1. The molecule has 0 saturated carbocycles. The Hall–Kier alpha value is -1.66. The van der Waals surface area contributed by atoms with E-state index >= 15 is 0 Å². The molecule has 0 bridgehead atoms. The highest BCUT2D eigenvalue weighted by molar-refractivity contribution is 7.13. The summed E-state index contributed by atoms with van der Waals surface area (Å²) in [6, 6.07) is 1.90. The Bertz CT molecular complexity index is 536. The van der Waals surface area contributed by atoms with E-state index in [-0.39, 0.29) is 11.9 Å². The quantitative estimate of drug-likeness (QED) is 0.905.